The lowest BCUT2D eigenvalue weighted by Gasteiger charge is -2.24. The van der Waals surface area contributed by atoms with Crippen LogP contribution in [0.4, 0.5) is 13.2 Å². The Labute approximate surface area is 67.9 Å². The Morgan fingerprint density at radius 3 is 2.75 bits per heavy atom. The summed E-state index contributed by atoms with van der Waals surface area (Å²) in [6.45, 7) is 3.47. The minimum absolute atomic E-state index is 0.126. The Morgan fingerprint density at radius 2 is 2.25 bits per heavy atom. The van der Waals surface area contributed by atoms with Crippen LogP contribution in [0.15, 0.2) is 25.1 Å². The van der Waals surface area contributed by atoms with E-state index in [9.17, 15) is 13.2 Å². The fraction of sp³-hybridized carbons (Fsp3) is 0.429. The van der Waals surface area contributed by atoms with Gasteiger partial charge in [-0.15, -0.1) is 6.58 Å². The standard InChI is InChI=1S/C7H8F3NO/c1-2-3-11-4-5-12-6(11)7(8,9)10/h2,4-6H,1,3H2. The summed E-state index contributed by atoms with van der Waals surface area (Å²) < 4.78 is 40.6. The van der Waals surface area contributed by atoms with Crippen molar-refractivity contribution in [3.8, 4) is 0 Å². The van der Waals surface area contributed by atoms with Crippen LogP contribution in [0.2, 0.25) is 0 Å². The topological polar surface area (TPSA) is 12.5 Å². The van der Waals surface area contributed by atoms with E-state index in [1.54, 1.807) is 0 Å². The number of halogens is 3. The van der Waals surface area contributed by atoms with Crippen LogP contribution in [0, 0.1) is 0 Å². The average Bonchev–Trinajstić information content (AvgIpc) is 2.34. The van der Waals surface area contributed by atoms with Crippen molar-refractivity contribution in [1.29, 1.82) is 0 Å². The molecule has 0 spiro atoms. The molecule has 12 heavy (non-hydrogen) atoms. The molecule has 0 aromatic heterocycles. The van der Waals surface area contributed by atoms with E-state index in [2.05, 4.69) is 11.3 Å². The molecule has 0 aromatic rings. The summed E-state index contributed by atoms with van der Waals surface area (Å²) >= 11 is 0. The second kappa shape index (κ2) is 3.08. The van der Waals surface area contributed by atoms with E-state index in [-0.39, 0.29) is 6.54 Å². The second-order valence-corrected chi connectivity index (χ2v) is 2.30. The number of hydrogen-bond donors (Lipinski definition) is 0. The van der Waals surface area contributed by atoms with Gasteiger partial charge in [-0.25, -0.2) is 0 Å². The van der Waals surface area contributed by atoms with Crippen molar-refractivity contribution in [1.82, 2.24) is 4.90 Å². The van der Waals surface area contributed by atoms with Crippen molar-refractivity contribution in [2.45, 2.75) is 12.4 Å². The normalized spacial score (nSPS) is 22.6. The van der Waals surface area contributed by atoms with Gasteiger partial charge in [-0.05, 0) is 0 Å². The van der Waals surface area contributed by atoms with Crippen molar-refractivity contribution in [3.05, 3.63) is 25.1 Å². The zero-order chi connectivity index (χ0) is 9.19. The highest BCUT2D eigenvalue weighted by Gasteiger charge is 2.46. The number of hydrogen-bond acceptors (Lipinski definition) is 2. The van der Waals surface area contributed by atoms with Crippen LogP contribution in [-0.4, -0.2) is 23.8 Å². The van der Waals surface area contributed by atoms with E-state index in [0.29, 0.717) is 0 Å². The molecule has 2 nitrogen and oxygen atoms in total. The van der Waals surface area contributed by atoms with E-state index in [4.69, 9.17) is 0 Å². The van der Waals surface area contributed by atoms with Crippen LogP contribution in [0.3, 0.4) is 0 Å². The molecule has 1 rings (SSSR count). The molecule has 1 heterocycles. The van der Waals surface area contributed by atoms with Gasteiger partial charge >= 0.3 is 6.18 Å². The molecule has 0 aromatic carbocycles. The second-order valence-electron chi connectivity index (χ2n) is 2.30. The third kappa shape index (κ3) is 1.72. The van der Waals surface area contributed by atoms with Crippen molar-refractivity contribution < 1.29 is 17.9 Å². The quantitative estimate of drug-likeness (QED) is 0.600. The number of nitrogens with zero attached hydrogens (tertiary/aromatic N) is 1. The average molecular weight is 179 g/mol. The van der Waals surface area contributed by atoms with E-state index >= 15 is 0 Å². The van der Waals surface area contributed by atoms with Crippen LogP contribution in [-0.2, 0) is 4.74 Å². The number of alkyl halides is 3. The zero-order valence-corrected chi connectivity index (χ0v) is 6.21. The van der Waals surface area contributed by atoms with Gasteiger partial charge in [-0.3, -0.25) is 0 Å². The molecule has 0 amide bonds. The first-order valence-electron chi connectivity index (χ1n) is 3.31. The summed E-state index contributed by atoms with van der Waals surface area (Å²) in [5, 5.41) is 0. The Bertz CT molecular complexity index is 199. The third-order valence-corrected chi connectivity index (χ3v) is 1.38. The van der Waals surface area contributed by atoms with Gasteiger partial charge in [-0.2, -0.15) is 13.2 Å². The van der Waals surface area contributed by atoms with E-state index < -0.39 is 12.4 Å². The lowest BCUT2D eigenvalue weighted by atomic mass is 10.4. The lowest BCUT2D eigenvalue weighted by molar-refractivity contribution is -0.232. The fourth-order valence-corrected chi connectivity index (χ4v) is 0.915. The maximum Gasteiger partial charge on any atom is 0.445 e. The molecule has 5 heteroatoms. The highest BCUT2D eigenvalue weighted by atomic mass is 19.4. The Kier molecular flexibility index (Phi) is 2.30. The summed E-state index contributed by atoms with van der Waals surface area (Å²) in [5.41, 5.74) is 0. The zero-order valence-electron chi connectivity index (χ0n) is 6.21. The molecule has 1 aliphatic rings. The van der Waals surface area contributed by atoms with Gasteiger partial charge in [0.15, 0.2) is 0 Å². The minimum atomic E-state index is -4.35. The maximum absolute atomic E-state index is 12.1. The third-order valence-electron chi connectivity index (χ3n) is 1.38. The van der Waals surface area contributed by atoms with Gasteiger partial charge in [0, 0.05) is 12.7 Å². The van der Waals surface area contributed by atoms with Crippen LogP contribution in [0.25, 0.3) is 0 Å². The highest BCUT2D eigenvalue weighted by molar-refractivity contribution is 4.92. The van der Waals surface area contributed by atoms with Crippen LogP contribution in [0.5, 0.6) is 0 Å². The molecule has 0 N–H and O–H groups in total. The molecule has 68 valence electrons. The highest BCUT2D eigenvalue weighted by Crippen LogP contribution is 2.28. The smallest absolute Gasteiger partial charge is 0.445 e. The molecule has 1 unspecified atom stereocenters. The molecule has 0 fully saturated rings. The maximum atomic E-state index is 12.1. The number of rotatable bonds is 2. The van der Waals surface area contributed by atoms with Crippen LogP contribution < -0.4 is 0 Å². The van der Waals surface area contributed by atoms with Crippen molar-refractivity contribution in [2.24, 2.45) is 0 Å². The summed E-state index contributed by atoms with van der Waals surface area (Å²) in [4.78, 5) is 1.02. The van der Waals surface area contributed by atoms with Gasteiger partial charge in [0.2, 0.25) is 0 Å². The van der Waals surface area contributed by atoms with Crippen LogP contribution >= 0.6 is 0 Å². The molecule has 0 saturated heterocycles. The van der Waals surface area contributed by atoms with Gasteiger partial charge in [0.1, 0.15) is 6.26 Å². The Hall–Kier alpha value is -1.13. The molecule has 0 bridgehead atoms. The molecule has 0 aliphatic carbocycles. The van der Waals surface area contributed by atoms with Crippen molar-refractivity contribution in [2.75, 3.05) is 6.54 Å². The summed E-state index contributed by atoms with van der Waals surface area (Å²) in [5.74, 6) is 0. The molecule has 0 radical (unpaired) electrons. The first kappa shape index (κ1) is 8.96. The largest absolute Gasteiger partial charge is 0.467 e. The molecular weight excluding hydrogens is 171 g/mol. The van der Waals surface area contributed by atoms with Gasteiger partial charge < -0.3 is 9.64 Å². The Morgan fingerprint density at radius 1 is 1.58 bits per heavy atom. The van der Waals surface area contributed by atoms with Crippen molar-refractivity contribution in [3.63, 3.8) is 0 Å². The van der Waals surface area contributed by atoms with Crippen molar-refractivity contribution >= 4 is 0 Å². The van der Waals surface area contributed by atoms with Gasteiger partial charge in [0.25, 0.3) is 6.23 Å². The molecule has 1 atom stereocenters. The summed E-state index contributed by atoms with van der Waals surface area (Å²) in [6.07, 6.45) is -2.54. The monoisotopic (exact) mass is 179 g/mol. The molecule has 0 saturated carbocycles. The first-order chi connectivity index (χ1) is 5.55. The van der Waals surface area contributed by atoms with Gasteiger partial charge in [-0.1, -0.05) is 6.08 Å². The first-order valence-corrected chi connectivity index (χ1v) is 3.31. The Balaban J connectivity index is 2.61. The minimum Gasteiger partial charge on any atom is -0.467 e. The summed E-state index contributed by atoms with van der Waals surface area (Å²) in [7, 11) is 0. The lowest BCUT2D eigenvalue weighted by Crippen LogP contribution is -2.41. The van der Waals surface area contributed by atoms with Crippen LogP contribution in [0.1, 0.15) is 0 Å². The fourth-order valence-electron chi connectivity index (χ4n) is 0.915. The van der Waals surface area contributed by atoms with E-state index in [1.807, 2.05) is 0 Å². The van der Waals surface area contributed by atoms with E-state index in [1.165, 1.54) is 12.3 Å². The van der Waals surface area contributed by atoms with Gasteiger partial charge in [0.05, 0.1) is 0 Å². The summed E-state index contributed by atoms with van der Waals surface area (Å²) in [6, 6.07) is 0. The predicted molar refractivity (Wildman–Crippen MR) is 37.0 cm³/mol. The predicted octanol–water partition coefficient (Wildman–Crippen LogP) is 1.86. The molecular formula is C7H8F3NO. The van der Waals surface area contributed by atoms with E-state index in [0.717, 1.165) is 11.2 Å². The molecule has 1 aliphatic heterocycles. The SMILES string of the molecule is C=CCN1C=COC1C(F)(F)F. The number of ether oxygens (including phenoxy) is 1.